The molecule has 0 radical (unpaired) electrons. The van der Waals surface area contributed by atoms with Gasteiger partial charge in [0.1, 0.15) is 5.75 Å². The van der Waals surface area contributed by atoms with Crippen LogP contribution in [0.4, 0.5) is 0 Å². The first-order valence-electron chi connectivity index (χ1n) is 8.25. The number of hydrogen-bond acceptors (Lipinski definition) is 2. The minimum atomic E-state index is 0.0483. The molecule has 126 valence electrons. The third-order valence-corrected chi connectivity index (χ3v) is 3.81. The van der Waals surface area contributed by atoms with Crippen LogP contribution in [0.3, 0.4) is 0 Å². The molecule has 0 heterocycles. The second-order valence-electron chi connectivity index (χ2n) is 5.66. The van der Waals surface area contributed by atoms with Gasteiger partial charge in [-0.05, 0) is 66.2 Å². The summed E-state index contributed by atoms with van der Waals surface area (Å²) in [6, 6.07) is 23.1. The van der Waals surface area contributed by atoms with E-state index in [-0.39, 0.29) is 6.61 Å². The van der Waals surface area contributed by atoms with E-state index in [9.17, 15) is 0 Å². The molecule has 0 aromatic heterocycles. The summed E-state index contributed by atoms with van der Waals surface area (Å²) in [5.41, 5.74) is 4.63. The van der Waals surface area contributed by atoms with Crippen LogP contribution in [0.15, 0.2) is 72.8 Å². The Labute approximate surface area is 154 Å². The van der Waals surface area contributed by atoms with Crippen molar-refractivity contribution in [2.24, 2.45) is 0 Å². The van der Waals surface area contributed by atoms with Crippen molar-refractivity contribution in [1.29, 1.82) is 0 Å². The normalized spacial score (nSPS) is 9.46. The van der Waals surface area contributed by atoms with Crippen LogP contribution in [0.2, 0.25) is 0 Å². The van der Waals surface area contributed by atoms with Crippen molar-refractivity contribution in [3.63, 3.8) is 0 Å². The number of hydrogen-bond donors (Lipinski definition) is 1. The standard InChI is InChI=1S/C24H18O2/c1-26-24-16-14-22(15-17-24)9-8-20-4-2-19(3-5-20)6-7-21-10-12-23(18-25)13-11-21/h2-5,10-17,25H,18H2,1H3. The highest BCUT2D eigenvalue weighted by Crippen LogP contribution is 2.10. The van der Waals surface area contributed by atoms with Gasteiger partial charge < -0.3 is 9.84 Å². The molecule has 2 nitrogen and oxygen atoms in total. The van der Waals surface area contributed by atoms with Crippen molar-refractivity contribution in [2.45, 2.75) is 6.61 Å². The Morgan fingerprint density at radius 2 is 0.962 bits per heavy atom. The summed E-state index contributed by atoms with van der Waals surface area (Å²) in [7, 11) is 1.65. The van der Waals surface area contributed by atoms with Crippen LogP contribution in [-0.2, 0) is 6.61 Å². The lowest BCUT2D eigenvalue weighted by atomic mass is 10.1. The van der Waals surface area contributed by atoms with Crippen LogP contribution in [0.25, 0.3) is 0 Å². The zero-order valence-electron chi connectivity index (χ0n) is 14.5. The molecular weight excluding hydrogens is 320 g/mol. The van der Waals surface area contributed by atoms with Crippen molar-refractivity contribution in [3.8, 4) is 29.4 Å². The van der Waals surface area contributed by atoms with E-state index in [2.05, 4.69) is 23.7 Å². The molecule has 3 aromatic carbocycles. The van der Waals surface area contributed by atoms with Gasteiger partial charge >= 0.3 is 0 Å². The molecule has 0 saturated heterocycles. The maximum absolute atomic E-state index is 9.05. The van der Waals surface area contributed by atoms with Gasteiger partial charge in [0, 0.05) is 22.3 Å². The minimum Gasteiger partial charge on any atom is -0.497 e. The highest BCUT2D eigenvalue weighted by Gasteiger charge is 1.93. The smallest absolute Gasteiger partial charge is 0.118 e. The number of ether oxygens (including phenoxy) is 1. The molecule has 1 N–H and O–H groups in total. The fourth-order valence-electron chi connectivity index (χ4n) is 2.29. The van der Waals surface area contributed by atoms with Crippen LogP contribution >= 0.6 is 0 Å². The molecule has 0 aliphatic carbocycles. The van der Waals surface area contributed by atoms with Crippen LogP contribution in [0.1, 0.15) is 27.8 Å². The molecule has 3 rings (SSSR count). The first-order valence-corrected chi connectivity index (χ1v) is 8.25. The molecule has 0 unspecified atom stereocenters. The SMILES string of the molecule is COc1ccc(C#Cc2ccc(C#Cc3ccc(CO)cc3)cc2)cc1. The predicted octanol–water partition coefficient (Wildman–Crippen LogP) is 3.99. The lowest BCUT2D eigenvalue weighted by Crippen LogP contribution is -1.83. The van der Waals surface area contributed by atoms with Crippen molar-refractivity contribution in [2.75, 3.05) is 7.11 Å². The lowest BCUT2D eigenvalue weighted by molar-refractivity contribution is 0.282. The molecule has 0 amide bonds. The fourth-order valence-corrected chi connectivity index (χ4v) is 2.29. The fraction of sp³-hybridized carbons (Fsp3) is 0.0833. The highest BCUT2D eigenvalue weighted by molar-refractivity contribution is 5.48. The molecular formula is C24H18O2. The summed E-state index contributed by atoms with van der Waals surface area (Å²) in [6.45, 7) is 0.0483. The van der Waals surface area contributed by atoms with E-state index in [4.69, 9.17) is 9.84 Å². The average Bonchev–Trinajstić information content (AvgIpc) is 2.72. The second kappa shape index (κ2) is 8.58. The first kappa shape index (κ1) is 17.4. The molecule has 0 spiro atoms. The molecule has 0 aliphatic heterocycles. The van der Waals surface area contributed by atoms with E-state index in [1.165, 1.54) is 0 Å². The first-order chi connectivity index (χ1) is 12.8. The van der Waals surface area contributed by atoms with E-state index in [0.717, 1.165) is 33.6 Å². The monoisotopic (exact) mass is 338 g/mol. The highest BCUT2D eigenvalue weighted by atomic mass is 16.5. The lowest BCUT2D eigenvalue weighted by Gasteiger charge is -1.97. The van der Waals surface area contributed by atoms with Crippen LogP contribution in [0, 0.1) is 23.7 Å². The molecule has 0 saturated carbocycles. The van der Waals surface area contributed by atoms with Gasteiger partial charge in [-0.25, -0.2) is 0 Å². The summed E-state index contributed by atoms with van der Waals surface area (Å²) in [5.74, 6) is 13.4. The molecule has 0 atom stereocenters. The average molecular weight is 338 g/mol. The number of aliphatic hydroxyl groups excluding tert-OH is 1. The zero-order valence-corrected chi connectivity index (χ0v) is 14.5. The summed E-state index contributed by atoms with van der Waals surface area (Å²) >= 11 is 0. The number of methoxy groups -OCH3 is 1. The van der Waals surface area contributed by atoms with Gasteiger partial charge in [-0.1, -0.05) is 35.8 Å². The Hall–Kier alpha value is -3.46. The van der Waals surface area contributed by atoms with Gasteiger partial charge in [0.25, 0.3) is 0 Å². The van der Waals surface area contributed by atoms with Crippen LogP contribution < -0.4 is 4.74 Å². The van der Waals surface area contributed by atoms with Gasteiger partial charge in [-0.15, -0.1) is 0 Å². The Morgan fingerprint density at radius 1 is 0.615 bits per heavy atom. The maximum atomic E-state index is 9.05. The van der Waals surface area contributed by atoms with Crippen molar-refractivity contribution >= 4 is 0 Å². The van der Waals surface area contributed by atoms with Crippen molar-refractivity contribution < 1.29 is 9.84 Å². The van der Waals surface area contributed by atoms with Crippen molar-refractivity contribution in [1.82, 2.24) is 0 Å². The molecule has 0 fully saturated rings. The zero-order chi connectivity index (χ0) is 18.2. The van der Waals surface area contributed by atoms with Gasteiger partial charge in [0.15, 0.2) is 0 Å². The molecule has 3 aromatic rings. The van der Waals surface area contributed by atoms with Crippen LogP contribution in [0.5, 0.6) is 5.75 Å². The van der Waals surface area contributed by atoms with E-state index >= 15 is 0 Å². The van der Waals surface area contributed by atoms with E-state index < -0.39 is 0 Å². The van der Waals surface area contributed by atoms with Gasteiger partial charge in [-0.3, -0.25) is 0 Å². The number of benzene rings is 3. The summed E-state index contributed by atoms with van der Waals surface area (Å²) in [5, 5.41) is 9.05. The number of aliphatic hydroxyl groups is 1. The topological polar surface area (TPSA) is 29.5 Å². The maximum Gasteiger partial charge on any atom is 0.118 e. The molecule has 26 heavy (non-hydrogen) atoms. The quantitative estimate of drug-likeness (QED) is 0.716. The third-order valence-electron chi connectivity index (χ3n) is 3.81. The molecule has 2 heteroatoms. The van der Waals surface area contributed by atoms with Crippen LogP contribution in [-0.4, -0.2) is 12.2 Å². The van der Waals surface area contributed by atoms with Gasteiger partial charge in [-0.2, -0.15) is 0 Å². The Kier molecular flexibility index (Phi) is 5.73. The van der Waals surface area contributed by atoms with E-state index in [1.54, 1.807) is 7.11 Å². The Bertz CT molecular complexity index is 891. The molecule has 0 aliphatic rings. The Morgan fingerprint density at radius 3 is 1.31 bits per heavy atom. The van der Waals surface area contributed by atoms with Gasteiger partial charge in [0.2, 0.25) is 0 Å². The van der Waals surface area contributed by atoms with E-state index in [0.29, 0.717) is 0 Å². The third kappa shape index (κ3) is 4.77. The number of rotatable bonds is 2. The van der Waals surface area contributed by atoms with Gasteiger partial charge in [0.05, 0.1) is 13.7 Å². The largest absolute Gasteiger partial charge is 0.497 e. The second-order valence-corrected chi connectivity index (χ2v) is 5.66. The summed E-state index contributed by atoms with van der Waals surface area (Å²) in [4.78, 5) is 0. The minimum absolute atomic E-state index is 0.0483. The summed E-state index contributed by atoms with van der Waals surface area (Å²) in [6.07, 6.45) is 0. The van der Waals surface area contributed by atoms with E-state index in [1.807, 2.05) is 72.8 Å². The summed E-state index contributed by atoms with van der Waals surface area (Å²) < 4.78 is 5.14. The Balaban J connectivity index is 1.68. The predicted molar refractivity (Wildman–Crippen MR) is 104 cm³/mol. The molecule has 0 bridgehead atoms. The van der Waals surface area contributed by atoms with Crippen molar-refractivity contribution in [3.05, 3.63) is 101 Å².